The molecule has 3 aromatic carbocycles. The van der Waals surface area contributed by atoms with Crippen molar-refractivity contribution in [3.05, 3.63) is 78.4 Å². The summed E-state index contributed by atoms with van der Waals surface area (Å²) >= 11 is 1.61. The number of aryl methyl sites for hydroxylation is 1. The summed E-state index contributed by atoms with van der Waals surface area (Å²) in [5.74, 6) is -0.211. The quantitative estimate of drug-likeness (QED) is 0.603. The first kappa shape index (κ1) is 20.0. The van der Waals surface area contributed by atoms with E-state index in [-0.39, 0.29) is 10.8 Å². The lowest BCUT2D eigenvalue weighted by Crippen LogP contribution is -2.13. The summed E-state index contributed by atoms with van der Waals surface area (Å²) in [4.78, 5) is 13.3. The Labute approximate surface area is 169 Å². The van der Waals surface area contributed by atoms with Crippen LogP contribution in [0.15, 0.2) is 87.5 Å². The minimum atomic E-state index is -3.70. The molecule has 0 aliphatic heterocycles. The molecular weight excluding hydrogens is 392 g/mol. The SMILES string of the molecule is CC(=O)Nc1ccc(S(=O)(=O)Nc2ccc(Sc3ccc(C)cc3)cc2)cc1. The average Bonchev–Trinajstić information content (AvgIpc) is 2.65. The summed E-state index contributed by atoms with van der Waals surface area (Å²) in [6, 6.07) is 21.5. The molecule has 144 valence electrons. The van der Waals surface area contributed by atoms with Crippen LogP contribution in [0.4, 0.5) is 11.4 Å². The Morgan fingerprint density at radius 2 is 1.29 bits per heavy atom. The van der Waals surface area contributed by atoms with Gasteiger partial charge < -0.3 is 5.32 Å². The van der Waals surface area contributed by atoms with Gasteiger partial charge in [0.05, 0.1) is 4.90 Å². The highest BCUT2D eigenvalue weighted by Gasteiger charge is 2.14. The van der Waals surface area contributed by atoms with Crippen molar-refractivity contribution in [1.29, 1.82) is 0 Å². The van der Waals surface area contributed by atoms with Crippen molar-refractivity contribution in [2.75, 3.05) is 10.0 Å². The van der Waals surface area contributed by atoms with E-state index in [2.05, 4.69) is 34.3 Å². The first-order valence-corrected chi connectivity index (χ1v) is 10.9. The fourth-order valence-corrected chi connectivity index (χ4v) is 4.34. The van der Waals surface area contributed by atoms with Gasteiger partial charge in [0.2, 0.25) is 5.91 Å². The predicted octanol–water partition coefficient (Wildman–Crippen LogP) is 4.91. The van der Waals surface area contributed by atoms with E-state index in [0.717, 1.165) is 9.79 Å². The lowest BCUT2D eigenvalue weighted by Gasteiger charge is -2.10. The van der Waals surface area contributed by atoms with Gasteiger partial charge in [-0.25, -0.2) is 8.42 Å². The van der Waals surface area contributed by atoms with Crippen molar-refractivity contribution >= 4 is 39.1 Å². The Morgan fingerprint density at radius 1 is 0.786 bits per heavy atom. The maximum absolute atomic E-state index is 12.5. The van der Waals surface area contributed by atoms with Gasteiger partial charge in [-0.1, -0.05) is 29.5 Å². The maximum Gasteiger partial charge on any atom is 0.261 e. The molecule has 0 unspecified atom stereocenters. The van der Waals surface area contributed by atoms with Crippen molar-refractivity contribution in [3.8, 4) is 0 Å². The molecule has 1 amide bonds. The van der Waals surface area contributed by atoms with Gasteiger partial charge in [-0.15, -0.1) is 0 Å². The Hall–Kier alpha value is -2.77. The molecule has 0 bridgehead atoms. The van der Waals surface area contributed by atoms with E-state index in [1.807, 2.05) is 19.1 Å². The first-order chi connectivity index (χ1) is 13.3. The molecule has 0 saturated heterocycles. The fraction of sp³-hybridized carbons (Fsp3) is 0.0952. The molecule has 3 rings (SSSR count). The number of sulfonamides is 1. The van der Waals surface area contributed by atoms with Gasteiger partial charge >= 0.3 is 0 Å². The van der Waals surface area contributed by atoms with Crippen LogP contribution in [-0.4, -0.2) is 14.3 Å². The van der Waals surface area contributed by atoms with Crippen LogP contribution >= 0.6 is 11.8 Å². The Bertz CT molecular complexity index is 1060. The molecule has 5 nitrogen and oxygen atoms in total. The lowest BCUT2D eigenvalue weighted by atomic mass is 10.2. The van der Waals surface area contributed by atoms with Crippen LogP contribution in [0.5, 0.6) is 0 Å². The van der Waals surface area contributed by atoms with Crippen LogP contribution in [0, 0.1) is 6.92 Å². The topological polar surface area (TPSA) is 75.3 Å². The number of benzene rings is 3. The highest BCUT2D eigenvalue weighted by molar-refractivity contribution is 7.99. The lowest BCUT2D eigenvalue weighted by molar-refractivity contribution is -0.114. The molecule has 3 aromatic rings. The van der Waals surface area contributed by atoms with Crippen LogP contribution in [0.3, 0.4) is 0 Å². The number of anilines is 2. The summed E-state index contributed by atoms with van der Waals surface area (Å²) in [6.45, 7) is 3.44. The molecule has 0 saturated carbocycles. The molecule has 28 heavy (non-hydrogen) atoms. The van der Waals surface area contributed by atoms with Gasteiger partial charge in [0, 0.05) is 28.1 Å². The standard InChI is InChI=1S/C21H20N2O3S2/c1-15-3-9-19(10-4-15)27-20-11-5-18(6-12-20)23-28(25,26)21-13-7-17(8-14-21)22-16(2)24/h3-14,23H,1-2H3,(H,22,24). The van der Waals surface area contributed by atoms with Crippen molar-refractivity contribution < 1.29 is 13.2 Å². The number of hydrogen-bond donors (Lipinski definition) is 2. The number of carbonyl (C=O) groups is 1. The smallest absolute Gasteiger partial charge is 0.261 e. The summed E-state index contributed by atoms with van der Waals surface area (Å²) in [6.07, 6.45) is 0. The molecule has 0 aromatic heterocycles. The van der Waals surface area contributed by atoms with Crippen molar-refractivity contribution in [2.24, 2.45) is 0 Å². The van der Waals surface area contributed by atoms with E-state index in [4.69, 9.17) is 0 Å². The Morgan fingerprint density at radius 3 is 1.82 bits per heavy atom. The monoisotopic (exact) mass is 412 g/mol. The zero-order valence-corrected chi connectivity index (χ0v) is 17.1. The van der Waals surface area contributed by atoms with Crippen LogP contribution in [0.1, 0.15) is 12.5 Å². The molecule has 0 fully saturated rings. The largest absolute Gasteiger partial charge is 0.326 e. The summed E-state index contributed by atoms with van der Waals surface area (Å²) in [7, 11) is -3.70. The van der Waals surface area contributed by atoms with Crippen molar-refractivity contribution in [1.82, 2.24) is 0 Å². The molecule has 7 heteroatoms. The van der Waals surface area contributed by atoms with Crippen molar-refractivity contribution in [2.45, 2.75) is 28.5 Å². The van der Waals surface area contributed by atoms with Gasteiger partial charge in [-0.05, 0) is 67.6 Å². The van der Waals surface area contributed by atoms with Crippen molar-refractivity contribution in [3.63, 3.8) is 0 Å². The summed E-state index contributed by atoms with van der Waals surface area (Å²) in [5, 5.41) is 2.61. The molecule has 0 heterocycles. The number of nitrogens with one attached hydrogen (secondary N) is 2. The van der Waals surface area contributed by atoms with Crippen LogP contribution < -0.4 is 10.0 Å². The van der Waals surface area contributed by atoms with Gasteiger partial charge in [0.15, 0.2) is 0 Å². The third-order valence-electron chi connectivity index (χ3n) is 3.85. The van der Waals surface area contributed by atoms with Gasteiger partial charge in [-0.2, -0.15) is 0 Å². The van der Waals surface area contributed by atoms with E-state index >= 15 is 0 Å². The molecule has 0 spiro atoms. The predicted molar refractivity (Wildman–Crippen MR) is 113 cm³/mol. The molecule has 0 atom stereocenters. The minimum Gasteiger partial charge on any atom is -0.326 e. The molecule has 0 radical (unpaired) electrons. The summed E-state index contributed by atoms with van der Waals surface area (Å²) in [5.41, 5.74) is 2.24. The minimum absolute atomic E-state index is 0.125. The molecule has 0 aliphatic rings. The zero-order chi connectivity index (χ0) is 20.1. The van der Waals surface area contributed by atoms with E-state index in [9.17, 15) is 13.2 Å². The van der Waals surface area contributed by atoms with Crippen LogP contribution in [0.25, 0.3) is 0 Å². The number of amides is 1. The Balaban J connectivity index is 1.68. The van der Waals surface area contributed by atoms with E-state index in [1.165, 1.54) is 24.6 Å². The zero-order valence-electron chi connectivity index (χ0n) is 15.5. The van der Waals surface area contributed by atoms with Crippen LogP contribution in [-0.2, 0) is 14.8 Å². The third-order valence-corrected chi connectivity index (χ3v) is 6.26. The van der Waals surface area contributed by atoms with E-state index in [0.29, 0.717) is 11.4 Å². The van der Waals surface area contributed by atoms with E-state index < -0.39 is 10.0 Å². The van der Waals surface area contributed by atoms with Gasteiger partial charge in [-0.3, -0.25) is 9.52 Å². The number of hydrogen-bond acceptors (Lipinski definition) is 4. The Kier molecular flexibility index (Phi) is 6.06. The second-order valence-electron chi connectivity index (χ2n) is 6.25. The normalized spacial score (nSPS) is 11.1. The second-order valence-corrected chi connectivity index (χ2v) is 9.08. The van der Waals surface area contributed by atoms with Gasteiger partial charge in [0.1, 0.15) is 0 Å². The number of rotatable bonds is 6. The average molecular weight is 413 g/mol. The first-order valence-electron chi connectivity index (χ1n) is 8.57. The molecule has 2 N–H and O–H groups in total. The third kappa shape index (κ3) is 5.37. The molecular formula is C21H20N2O3S2. The molecule has 0 aliphatic carbocycles. The second kappa shape index (κ2) is 8.50. The van der Waals surface area contributed by atoms with Crippen LogP contribution in [0.2, 0.25) is 0 Å². The summed E-state index contributed by atoms with van der Waals surface area (Å²) < 4.78 is 27.6. The maximum atomic E-state index is 12.5. The highest BCUT2D eigenvalue weighted by Crippen LogP contribution is 2.29. The van der Waals surface area contributed by atoms with E-state index in [1.54, 1.807) is 36.0 Å². The fourth-order valence-electron chi connectivity index (χ4n) is 2.47. The van der Waals surface area contributed by atoms with Gasteiger partial charge in [0.25, 0.3) is 10.0 Å². The highest BCUT2D eigenvalue weighted by atomic mass is 32.2. The number of carbonyl (C=O) groups excluding carboxylic acids is 1.